The van der Waals surface area contributed by atoms with Gasteiger partial charge < -0.3 is 10.2 Å². The second-order valence-corrected chi connectivity index (χ2v) is 7.58. The van der Waals surface area contributed by atoms with Gasteiger partial charge in [0.1, 0.15) is 11.9 Å². The van der Waals surface area contributed by atoms with E-state index in [9.17, 15) is 14.0 Å². The molecule has 0 bridgehead atoms. The molecule has 2 aromatic carbocycles. The second-order valence-electron chi connectivity index (χ2n) is 7.58. The van der Waals surface area contributed by atoms with Crippen molar-refractivity contribution in [3.8, 4) is 0 Å². The molecule has 0 fully saturated rings. The maximum Gasteiger partial charge on any atom is 0.242 e. The van der Waals surface area contributed by atoms with Crippen molar-refractivity contribution < 1.29 is 14.0 Å². The van der Waals surface area contributed by atoms with E-state index in [1.807, 2.05) is 32.0 Å². The molecule has 2 rings (SSSR count). The SMILES string of the molecule is CCCCNC(=O)C(C)N(Cc1ccc(F)cc1)C(=O)Cc1cc(C)ccc1C. The summed E-state index contributed by atoms with van der Waals surface area (Å²) in [6.45, 7) is 8.62. The quantitative estimate of drug-likeness (QED) is 0.640. The van der Waals surface area contributed by atoms with Gasteiger partial charge in [0.2, 0.25) is 11.8 Å². The molecule has 1 unspecified atom stereocenters. The average Bonchev–Trinajstić information content (AvgIpc) is 2.69. The van der Waals surface area contributed by atoms with Crippen LogP contribution in [-0.2, 0) is 22.6 Å². The average molecular weight is 399 g/mol. The summed E-state index contributed by atoms with van der Waals surface area (Å²) >= 11 is 0. The van der Waals surface area contributed by atoms with Crippen LogP contribution >= 0.6 is 0 Å². The molecule has 156 valence electrons. The van der Waals surface area contributed by atoms with Crippen LogP contribution in [0.1, 0.15) is 48.9 Å². The van der Waals surface area contributed by atoms with Gasteiger partial charge >= 0.3 is 0 Å². The third kappa shape index (κ3) is 6.70. The summed E-state index contributed by atoms with van der Waals surface area (Å²) in [5.74, 6) is -0.622. The first kappa shape index (κ1) is 22.6. The number of unbranched alkanes of at least 4 members (excludes halogenated alkanes) is 1. The lowest BCUT2D eigenvalue weighted by molar-refractivity contribution is -0.140. The van der Waals surface area contributed by atoms with Crippen LogP contribution in [0.5, 0.6) is 0 Å². The zero-order chi connectivity index (χ0) is 21.4. The number of carbonyl (C=O) groups excluding carboxylic acids is 2. The van der Waals surface area contributed by atoms with Crippen molar-refractivity contribution in [3.63, 3.8) is 0 Å². The third-order valence-electron chi connectivity index (χ3n) is 5.11. The van der Waals surface area contributed by atoms with Gasteiger partial charge in [0, 0.05) is 13.1 Å². The fraction of sp³-hybridized carbons (Fsp3) is 0.417. The Kier molecular flexibility index (Phi) is 8.37. The highest BCUT2D eigenvalue weighted by molar-refractivity contribution is 5.88. The number of hydrogen-bond acceptors (Lipinski definition) is 2. The number of hydrogen-bond donors (Lipinski definition) is 1. The molecular weight excluding hydrogens is 367 g/mol. The molecule has 0 spiro atoms. The number of benzene rings is 2. The number of carbonyl (C=O) groups is 2. The van der Waals surface area contributed by atoms with Crippen LogP contribution in [0.3, 0.4) is 0 Å². The molecule has 1 atom stereocenters. The molecule has 0 aliphatic rings. The molecule has 29 heavy (non-hydrogen) atoms. The highest BCUT2D eigenvalue weighted by Crippen LogP contribution is 2.16. The first-order valence-electron chi connectivity index (χ1n) is 10.2. The molecule has 0 aliphatic heterocycles. The lowest BCUT2D eigenvalue weighted by Crippen LogP contribution is -2.48. The van der Waals surface area contributed by atoms with Crippen molar-refractivity contribution in [2.45, 2.75) is 59.5 Å². The van der Waals surface area contributed by atoms with Gasteiger partial charge in [-0.3, -0.25) is 9.59 Å². The fourth-order valence-electron chi connectivity index (χ4n) is 3.16. The highest BCUT2D eigenvalue weighted by atomic mass is 19.1. The van der Waals surface area contributed by atoms with E-state index < -0.39 is 6.04 Å². The Morgan fingerprint density at radius 1 is 1.10 bits per heavy atom. The molecule has 1 N–H and O–H groups in total. The minimum Gasteiger partial charge on any atom is -0.354 e. The lowest BCUT2D eigenvalue weighted by Gasteiger charge is -2.29. The largest absolute Gasteiger partial charge is 0.354 e. The van der Waals surface area contributed by atoms with Gasteiger partial charge in [0.05, 0.1) is 6.42 Å². The van der Waals surface area contributed by atoms with Crippen molar-refractivity contribution in [2.75, 3.05) is 6.54 Å². The zero-order valence-electron chi connectivity index (χ0n) is 17.8. The van der Waals surface area contributed by atoms with Crippen LogP contribution in [0.2, 0.25) is 0 Å². The summed E-state index contributed by atoms with van der Waals surface area (Å²) in [7, 11) is 0. The van der Waals surface area contributed by atoms with Gasteiger partial charge in [-0.1, -0.05) is 49.2 Å². The summed E-state index contributed by atoms with van der Waals surface area (Å²) in [4.78, 5) is 27.4. The molecule has 4 nitrogen and oxygen atoms in total. The third-order valence-corrected chi connectivity index (χ3v) is 5.11. The number of aryl methyl sites for hydroxylation is 2. The topological polar surface area (TPSA) is 49.4 Å². The lowest BCUT2D eigenvalue weighted by atomic mass is 10.0. The van der Waals surface area contributed by atoms with Crippen LogP contribution in [-0.4, -0.2) is 29.3 Å². The van der Waals surface area contributed by atoms with E-state index in [2.05, 4.69) is 12.2 Å². The summed E-state index contributed by atoms with van der Waals surface area (Å²) < 4.78 is 13.3. The molecule has 2 amide bonds. The first-order valence-corrected chi connectivity index (χ1v) is 10.2. The van der Waals surface area contributed by atoms with Crippen molar-refractivity contribution in [1.82, 2.24) is 10.2 Å². The van der Waals surface area contributed by atoms with Crippen LogP contribution in [0, 0.1) is 19.7 Å². The standard InChI is InChI=1S/C24H31FN2O2/c1-5-6-13-26-24(29)19(4)27(16-20-9-11-22(25)12-10-20)23(28)15-21-14-17(2)7-8-18(21)3/h7-12,14,19H,5-6,13,15-16H2,1-4H3,(H,26,29). The predicted octanol–water partition coefficient (Wildman–Crippen LogP) is 4.32. The Bertz CT molecular complexity index is 833. The normalized spacial score (nSPS) is 11.8. The number of nitrogens with zero attached hydrogens (tertiary/aromatic N) is 1. The minimum absolute atomic E-state index is 0.124. The zero-order valence-corrected chi connectivity index (χ0v) is 17.8. The maximum absolute atomic E-state index is 13.3. The maximum atomic E-state index is 13.3. The van der Waals surface area contributed by atoms with Gasteiger partial charge in [0.15, 0.2) is 0 Å². The predicted molar refractivity (Wildman–Crippen MR) is 114 cm³/mol. The highest BCUT2D eigenvalue weighted by Gasteiger charge is 2.26. The molecular formula is C24H31FN2O2. The summed E-state index contributed by atoms with van der Waals surface area (Å²) in [5.41, 5.74) is 3.88. The van der Waals surface area contributed by atoms with Crippen LogP contribution in [0.25, 0.3) is 0 Å². The van der Waals surface area contributed by atoms with E-state index in [-0.39, 0.29) is 30.6 Å². The Morgan fingerprint density at radius 3 is 2.45 bits per heavy atom. The summed E-state index contributed by atoms with van der Waals surface area (Å²) in [5, 5.41) is 2.91. The Hall–Kier alpha value is -2.69. The summed E-state index contributed by atoms with van der Waals surface area (Å²) in [6.07, 6.45) is 2.10. The molecule has 2 aromatic rings. The van der Waals surface area contributed by atoms with Crippen LogP contribution in [0.15, 0.2) is 42.5 Å². The smallest absolute Gasteiger partial charge is 0.242 e. The molecule has 0 radical (unpaired) electrons. The van der Waals surface area contributed by atoms with Gasteiger partial charge in [-0.15, -0.1) is 0 Å². The van der Waals surface area contributed by atoms with Gasteiger partial charge in [-0.05, 0) is 56.0 Å². The monoisotopic (exact) mass is 398 g/mol. The molecule has 0 aromatic heterocycles. The van der Waals surface area contributed by atoms with Crippen LogP contribution in [0.4, 0.5) is 4.39 Å². The van der Waals surface area contributed by atoms with Crippen molar-refractivity contribution in [2.24, 2.45) is 0 Å². The Balaban J connectivity index is 2.22. The molecule has 0 heterocycles. The minimum atomic E-state index is -0.616. The van der Waals surface area contributed by atoms with E-state index in [0.717, 1.165) is 35.1 Å². The molecule has 5 heteroatoms. The summed E-state index contributed by atoms with van der Waals surface area (Å²) in [6, 6.07) is 11.4. The van der Waals surface area contributed by atoms with E-state index in [1.165, 1.54) is 12.1 Å². The fourth-order valence-corrected chi connectivity index (χ4v) is 3.16. The number of nitrogens with one attached hydrogen (secondary N) is 1. The number of rotatable bonds is 9. The molecule has 0 saturated carbocycles. The molecule has 0 saturated heterocycles. The number of amides is 2. The van der Waals surface area contributed by atoms with E-state index in [1.54, 1.807) is 24.0 Å². The second kappa shape index (κ2) is 10.7. The van der Waals surface area contributed by atoms with Gasteiger partial charge in [-0.25, -0.2) is 4.39 Å². The van der Waals surface area contributed by atoms with E-state index >= 15 is 0 Å². The van der Waals surface area contributed by atoms with Crippen LogP contribution < -0.4 is 5.32 Å². The van der Waals surface area contributed by atoms with Gasteiger partial charge in [-0.2, -0.15) is 0 Å². The Morgan fingerprint density at radius 2 is 1.79 bits per heavy atom. The van der Waals surface area contributed by atoms with E-state index in [0.29, 0.717) is 6.54 Å². The Labute approximate surface area is 173 Å². The van der Waals surface area contributed by atoms with Crippen molar-refractivity contribution >= 4 is 11.8 Å². The van der Waals surface area contributed by atoms with Crippen molar-refractivity contribution in [1.29, 1.82) is 0 Å². The van der Waals surface area contributed by atoms with Crippen molar-refractivity contribution in [3.05, 3.63) is 70.5 Å². The van der Waals surface area contributed by atoms with Gasteiger partial charge in [0.25, 0.3) is 0 Å². The molecule has 0 aliphatic carbocycles. The number of halogens is 1. The van der Waals surface area contributed by atoms with E-state index in [4.69, 9.17) is 0 Å². The first-order chi connectivity index (χ1) is 13.8.